The molecule has 0 aliphatic carbocycles. The number of carbonyl (C=O) groups excluding carboxylic acids is 2. The van der Waals surface area contributed by atoms with Crippen LogP contribution in [0.15, 0.2) is 46.9 Å². The molecule has 25 heavy (non-hydrogen) atoms. The van der Waals surface area contributed by atoms with Crippen molar-refractivity contribution in [1.29, 1.82) is 0 Å². The van der Waals surface area contributed by atoms with Gasteiger partial charge in [0.25, 0.3) is 0 Å². The zero-order chi connectivity index (χ0) is 18.0. The summed E-state index contributed by atoms with van der Waals surface area (Å²) in [7, 11) is 1.76. The van der Waals surface area contributed by atoms with Gasteiger partial charge < -0.3 is 14.8 Å². The fourth-order valence-electron chi connectivity index (χ4n) is 2.79. The quantitative estimate of drug-likeness (QED) is 0.673. The van der Waals surface area contributed by atoms with E-state index in [0.29, 0.717) is 28.6 Å². The number of rotatable bonds is 6. The van der Waals surface area contributed by atoms with Gasteiger partial charge in [0.2, 0.25) is 5.78 Å². The van der Waals surface area contributed by atoms with Crippen LogP contribution in [0.2, 0.25) is 0 Å². The average Bonchev–Trinajstić information content (AvgIpc) is 2.94. The molecule has 0 bridgehead atoms. The molecule has 2 aromatic carbocycles. The molecule has 5 nitrogen and oxygen atoms in total. The van der Waals surface area contributed by atoms with Crippen LogP contribution >= 0.6 is 0 Å². The summed E-state index contributed by atoms with van der Waals surface area (Å²) in [4.78, 5) is 24.9. The second-order valence-electron chi connectivity index (χ2n) is 5.89. The first kappa shape index (κ1) is 16.9. The third-order valence-electron chi connectivity index (χ3n) is 4.20. The van der Waals surface area contributed by atoms with E-state index in [4.69, 9.17) is 4.42 Å². The number of hydrogen-bond acceptors (Lipinski definition) is 5. The van der Waals surface area contributed by atoms with Crippen LogP contribution in [0.1, 0.15) is 38.5 Å². The molecule has 0 radical (unpaired) electrons. The number of phenols is 1. The van der Waals surface area contributed by atoms with E-state index < -0.39 is 0 Å². The van der Waals surface area contributed by atoms with E-state index in [1.807, 2.05) is 6.07 Å². The number of benzene rings is 2. The molecular formula is C20H19NO4. The fraction of sp³-hybridized carbons (Fsp3) is 0.200. The molecule has 1 heterocycles. The van der Waals surface area contributed by atoms with Crippen molar-refractivity contribution < 1.29 is 19.1 Å². The van der Waals surface area contributed by atoms with Gasteiger partial charge in [-0.1, -0.05) is 30.3 Å². The molecule has 0 amide bonds. The van der Waals surface area contributed by atoms with Crippen LogP contribution < -0.4 is 5.32 Å². The number of aromatic hydroxyl groups is 1. The Bertz CT molecular complexity index is 941. The highest BCUT2D eigenvalue weighted by Crippen LogP contribution is 2.32. The van der Waals surface area contributed by atoms with E-state index >= 15 is 0 Å². The normalized spacial score (nSPS) is 11.0. The lowest BCUT2D eigenvalue weighted by Gasteiger charge is -2.04. The van der Waals surface area contributed by atoms with E-state index in [1.165, 1.54) is 6.07 Å². The summed E-state index contributed by atoms with van der Waals surface area (Å²) in [6.07, 6.45) is 0.280. The zero-order valence-corrected chi connectivity index (χ0v) is 14.1. The molecule has 128 valence electrons. The molecule has 0 fully saturated rings. The summed E-state index contributed by atoms with van der Waals surface area (Å²) in [5.41, 5.74) is 1.82. The van der Waals surface area contributed by atoms with E-state index in [1.54, 1.807) is 44.3 Å². The lowest BCUT2D eigenvalue weighted by molar-refractivity contribution is 0.0978. The highest BCUT2D eigenvalue weighted by molar-refractivity contribution is 6.11. The lowest BCUT2D eigenvalue weighted by Crippen LogP contribution is -2.13. The maximum Gasteiger partial charge on any atom is 0.228 e. The maximum atomic E-state index is 12.7. The van der Waals surface area contributed by atoms with Gasteiger partial charge in [-0.25, -0.2) is 0 Å². The number of nitrogens with one attached hydrogen (secondary N) is 1. The summed E-state index contributed by atoms with van der Waals surface area (Å²) >= 11 is 0. The number of phenolic OH excluding ortho intramolecular Hbond substituents is 1. The van der Waals surface area contributed by atoms with Gasteiger partial charge in [0.15, 0.2) is 11.5 Å². The van der Waals surface area contributed by atoms with Crippen LogP contribution in [0, 0.1) is 6.92 Å². The van der Waals surface area contributed by atoms with Crippen molar-refractivity contribution in [2.24, 2.45) is 0 Å². The Morgan fingerprint density at radius 2 is 1.88 bits per heavy atom. The second kappa shape index (κ2) is 6.91. The van der Waals surface area contributed by atoms with Gasteiger partial charge in [0.1, 0.15) is 11.3 Å². The van der Waals surface area contributed by atoms with E-state index in [0.717, 1.165) is 0 Å². The monoisotopic (exact) mass is 337 g/mol. The van der Waals surface area contributed by atoms with Crippen LogP contribution in [0.25, 0.3) is 11.0 Å². The standard InChI is InChI=1S/C20H19NO4/c1-12-14-10-15(16(22)8-9-21-2)17(23)11-18(14)25-20(12)19(24)13-6-4-3-5-7-13/h3-7,10-11,21,23H,8-9H2,1-2H3. The number of aryl methyl sites for hydroxylation is 1. The van der Waals surface area contributed by atoms with Crippen molar-refractivity contribution in [3.05, 3.63) is 64.9 Å². The van der Waals surface area contributed by atoms with Crippen LogP contribution in [0.5, 0.6) is 5.75 Å². The molecule has 3 rings (SSSR count). The van der Waals surface area contributed by atoms with Crippen molar-refractivity contribution in [3.8, 4) is 5.75 Å². The van der Waals surface area contributed by atoms with Crippen molar-refractivity contribution in [3.63, 3.8) is 0 Å². The Kier molecular flexibility index (Phi) is 4.67. The molecule has 2 N–H and O–H groups in total. The number of furan rings is 1. The fourth-order valence-corrected chi connectivity index (χ4v) is 2.79. The minimum absolute atomic E-state index is 0.138. The Morgan fingerprint density at radius 1 is 1.16 bits per heavy atom. The summed E-state index contributed by atoms with van der Waals surface area (Å²) in [6.45, 7) is 2.30. The molecule has 0 aliphatic rings. The van der Waals surface area contributed by atoms with Crippen LogP contribution in [0.4, 0.5) is 0 Å². The highest BCUT2D eigenvalue weighted by atomic mass is 16.3. The molecule has 0 unspecified atom stereocenters. The molecule has 1 aromatic heterocycles. The molecule has 0 saturated carbocycles. The Balaban J connectivity index is 2.05. The molecule has 0 aliphatic heterocycles. The van der Waals surface area contributed by atoms with Crippen molar-refractivity contribution in [2.75, 3.05) is 13.6 Å². The zero-order valence-electron chi connectivity index (χ0n) is 14.1. The molecule has 0 spiro atoms. The van der Waals surface area contributed by atoms with Gasteiger partial charge in [-0.2, -0.15) is 0 Å². The highest BCUT2D eigenvalue weighted by Gasteiger charge is 2.21. The molecule has 5 heteroatoms. The summed E-state index contributed by atoms with van der Waals surface area (Å²) in [5.74, 6) is -0.302. The number of hydrogen-bond donors (Lipinski definition) is 2. The SMILES string of the molecule is CNCCC(=O)c1cc2c(C)c(C(=O)c3ccccc3)oc2cc1O. The number of Topliss-reactive ketones (excluding diaryl/α,β-unsaturated/α-hetero) is 1. The molecule has 0 saturated heterocycles. The van der Waals surface area contributed by atoms with Crippen LogP contribution in [-0.4, -0.2) is 30.3 Å². The molecule has 0 atom stereocenters. The maximum absolute atomic E-state index is 12.7. The summed E-state index contributed by atoms with van der Waals surface area (Å²) in [5, 5.41) is 13.7. The summed E-state index contributed by atoms with van der Waals surface area (Å²) in [6, 6.07) is 11.9. The third-order valence-corrected chi connectivity index (χ3v) is 4.20. The van der Waals surface area contributed by atoms with Gasteiger partial charge in [0.05, 0.1) is 5.56 Å². The summed E-state index contributed by atoms with van der Waals surface area (Å²) < 4.78 is 5.68. The lowest BCUT2D eigenvalue weighted by atomic mass is 10.0. The Labute approximate surface area is 145 Å². The van der Waals surface area contributed by atoms with Crippen LogP contribution in [-0.2, 0) is 0 Å². The first-order chi connectivity index (χ1) is 12.0. The molecular weight excluding hydrogens is 318 g/mol. The van der Waals surface area contributed by atoms with E-state index in [9.17, 15) is 14.7 Å². The second-order valence-corrected chi connectivity index (χ2v) is 5.89. The van der Waals surface area contributed by atoms with Crippen molar-refractivity contribution in [2.45, 2.75) is 13.3 Å². The van der Waals surface area contributed by atoms with E-state index in [-0.39, 0.29) is 35.1 Å². The number of fused-ring (bicyclic) bond motifs is 1. The Hall–Kier alpha value is -2.92. The third kappa shape index (κ3) is 3.19. The molecule has 3 aromatic rings. The van der Waals surface area contributed by atoms with Crippen molar-refractivity contribution in [1.82, 2.24) is 5.32 Å². The smallest absolute Gasteiger partial charge is 0.228 e. The average molecular weight is 337 g/mol. The number of ketones is 2. The van der Waals surface area contributed by atoms with Gasteiger partial charge in [0, 0.05) is 35.5 Å². The topological polar surface area (TPSA) is 79.5 Å². The van der Waals surface area contributed by atoms with Gasteiger partial charge in [-0.15, -0.1) is 0 Å². The minimum atomic E-state index is -0.225. The first-order valence-electron chi connectivity index (χ1n) is 8.06. The van der Waals surface area contributed by atoms with Crippen molar-refractivity contribution >= 4 is 22.5 Å². The van der Waals surface area contributed by atoms with Gasteiger partial charge in [-0.05, 0) is 20.0 Å². The van der Waals surface area contributed by atoms with E-state index in [2.05, 4.69) is 5.32 Å². The predicted octanol–water partition coefficient (Wildman–Crippen LogP) is 3.47. The van der Waals surface area contributed by atoms with Gasteiger partial charge >= 0.3 is 0 Å². The minimum Gasteiger partial charge on any atom is -0.507 e. The number of carbonyl (C=O) groups is 2. The van der Waals surface area contributed by atoms with Crippen LogP contribution in [0.3, 0.4) is 0 Å². The first-order valence-corrected chi connectivity index (χ1v) is 8.06. The largest absolute Gasteiger partial charge is 0.507 e. The Morgan fingerprint density at radius 3 is 2.56 bits per heavy atom. The van der Waals surface area contributed by atoms with Gasteiger partial charge in [-0.3, -0.25) is 9.59 Å². The predicted molar refractivity (Wildman–Crippen MR) is 95.4 cm³/mol.